The number of nitrogens with zero attached hydrogens (tertiary/aromatic N) is 2. The number of rotatable bonds is 3. The second-order valence-corrected chi connectivity index (χ2v) is 5.72. The van der Waals surface area contributed by atoms with Crippen LogP contribution in [0.2, 0.25) is 0 Å². The molecule has 22 heavy (non-hydrogen) atoms. The number of carbonyl (C=O) groups excluding carboxylic acids is 1. The molecule has 6 heteroatoms. The molecule has 0 saturated heterocycles. The number of benzene rings is 1. The van der Waals surface area contributed by atoms with Gasteiger partial charge in [-0.05, 0) is 49.9 Å². The zero-order valence-electron chi connectivity index (χ0n) is 12.3. The second-order valence-electron chi connectivity index (χ2n) is 5.72. The van der Waals surface area contributed by atoms with Crippen LogP contribution in [0.15, 0.2) is 30.6 Å². The zero-order valence-corrected chi connectivity index (χ0v) is 12.3. The molecule has 116 valence electrons. The molecule has 1 aromatic heterocycles. The van der Waals surface area contributed by atoms with Crippen LogP contribution in [0.1, 0.15) is 24.8 Å². The molecule has 2 aromatic rings. The normalized spacial score (nSPS) is 21.0. The van der Waals surface area contributed by atoms with Crippen molar-refractivity contribution in [3.8, 4) is 5.69 Å². The lowest BCUT2D eigenvalue weighted by Gasteiger charge is -2.15. The minimum absolute atomic E-state index is 0.257. The Labute approximate surface area is 127 Å². The van der Waals surface area contributed by atoms with Crippen molar-refractivity contribution < 1.29 is 14.3 Å². The average molecular weight is 303 g/mol. The molecule has 2 unspecified atom stereocenters. The molecule has 3 rings (SSSR count). The molecule has 1 fully saturated rings. The van der Waals surface area contributed by atoms with Crippen molar-refractivity contribution in [2.24, 2.45) is 5.92 Å². The number of aliphatic hydroxyl groups is 1. The largest absolute Gasteiger partial charge is 0.392 e. The van der Waals surface area contributed by atoms with E-state index in [4.69, 9.17) is 0 Å². The number of anilines is 1. The van der Waals surface area contributed by atoms with Gasteiger partial charge in [0.25, 0.3) is 0 Å². The molecule has 2 N–H and O–H groups in total. The van der Waals surface area contributed by atoms with Crippen LogP contribution in [0, 0.1) is 18.7 Å². The molecule has 5 nitrogen and oxygen atoms in total. The summed E-state index contributed by atoms with van der Waals surface area (Å²) in [5.41, 5.74) is 1.65. The summed E-state index contributed by atoms with van der Waals surface area (Å²) < 4.78 is 15.6. The molecule has 1 saturated carbocycles. The van der Waals surface area contributed by atoms with Gasteiger partial charge in [-0.15, -0.1) is 0 Å². The number of carbonyl (C=O) groups is 1. The third-order valence-electron chi connectivity index (χ3n) is 3.99. The standard InChI is InChI=1S/C16H18FN3O2/c1-10-8-18-20(9-10)14-6-5-11(7-13(14)17)19-16(22)12-3-2-4-15(12)21/h5-9,12,15,21H,2-4H2,1H3,(H,19,22). The number of hydrogen-bond acceptors (Lipinski definition) is 3. The Hall–Kier alpha value is -2.21. The van der Waals surface area contributed by atoms with Gasteiger partial charge < -0.3 is 10.4 Å². The van der Waals surface area contributed by atoms with E-state index in [1.54, 1.807) is 24.5 Å². The molecule has 0 radical (unpaired) electrons. The summed E-state index contributed by atoms with van der Waals surface area (Å²) in [6.45, 7) is 1.88. The van der Waals surface area contributed by atoms with Crippen LogP contribution in [-0.4, -0.2) is 26.9 Å². The van der Waals surface area contributed by atoms with Crippen molar-refractivity contribution in [3.05, 3.63) is 42.0 Å². The number of aryl methyl sites for hydroxylation is 1. The maximum atomic E-state index is 14.2. The number of aliphatic hydroxyl groups excluding tert-OH is 1. The lowest BCUT2D eigenvalue weighted by atomic mass is 10.1. The van der Waals surface area contributed by atoms with Crippen molar-refractivity contribution in [1.29, 1.82) is 0 Å². The minimum Gasteiger partial charge on any atom is -0.392 e. The van der Waals surface area contributed by atoms with Crippen LogP contribution >= 0.6 is 0 Å². The summed E-state index contributed by atoms with van der Waals surface area (Å²) in [6, 6.07) is 4.47. The highest BCUT2D eigenvalue weighted by atomic mass is 19.1. The molecule has 1 aliphatic carbocycles. The van der Waals surface area contributed by atoms with Gasteiger partial charge in [-0.25, -0.2) is 9.07 Å². The molecule has 0 spiro atoms. The number of nitrogens with one attached hydrogen (secondary N) is 1. The molecule has 0 bridgehead atoms. The summed E-state index contributed by atoms with van der Waals surface area (Å²) in [5.74, 6) is -1.13. The summed E-state index contributed by atoms with van der Waals surface area (Å²) in [7, 11) is 0. The predicted octanol–water partition coefficient (Wildman–Crippen LogP) is 2.42. The third-order valence-corrected chi connectivity index (χ3v) is 3.99. The van der Waals surface area contributed by atoms with E-state index >= 15 is 0 Å². The Morgan fingerprint density at radius 1 is 1.45 bits per heavy atom. The molecule has 1 aliphatic rings. The van der Waals surface area contributed by atoms with E-state index in [0.29, 0.717) is 24.2 Å². The molecular formula is C16H18FN3O2. The molecular weight excluding hydrogens is 285 g/mol. The first-order valence-electron chi connectivity index (χ1n) is 7.35. The number of hydrogen-bond donors (Lipinski definition) is 2. The van der Waals surface area contributed by atoms with Gasteiger partial charge in [0.05, 0.1) is 18.2 Å². The van der Waals surface area contributed by atoms with Gasteiger partial charge in [0, 0.05) is 11.9 Å². The van der Waals surface area contributed by atoms with Crippen molar-refractivity contribution >= 4 is 11.6 Å². The smallest absolute Gasteiger partial charge is 0.230 e. The Bertz CT molecular complexity index is 698. The van der Waals surface area contributed by atoms with Crippen LogP contribution in [-0.2, 0) is 4.79 Å². The molecule has 1 heterocycles. The van der Waals surface area contributed by atoms with Crippen LogP contribution < -0.4 is 5.32 Å². The van der Waals surface area contributed by atoms with Gasteiger partial charge in [0.1, 0.15) is 5.69 Å². The monoisotopic (exact) mass is 303 g/mol. The molecule has 0 aliphatic heterocycles. The quantitative estimate of drug-likeness (QED) is 0.915. The van der Waals surface area contributed by atoms with E-state index in [1.165, 1.54) is 10.7 Å². The van der Waals surface area contributed by atoms with E-state index in [0.717, 1.165) is 12.0 Å². The van der Waals surface area contributed by atoms with Gasteiger partial charge in [-0.1, -0.05) is 0 Å². The first-order valence-corrected chi connectivity index (χ1v) is 7.35. The minimum atomic E-state index is -0.601. The highest BCUT2D eigenvalue weighted by Crippen LogP contribution is 2.27. The van der Waals surface area contributed by atoms with Gasteiger partial charge in [-0.3, -0.25) is 4.79 Å². The second kappa shape index (κ2) is 5.88. The van der Waals surface area contributed by atoms with Crippen molar-refractivity contribution in [1.82, 2.24) is 9.78 Å². The molecule has 1 aromatic carbocycles. The average Bonchev–Trinajstić information content (AvgIpc) is 3.07. The highest BCUT2D eigenvalue weighted by Gasteiger charge is 2.31. The number of aromatic nitrogens is 2. The summed E-state index contributed by atoms with van der Waals surface area (Å²) in [4.78, 5) is 12.1. The Kier molecular flexibility index (Phi) is 3.94. The Balaban J connectivity index is 1.76. The van der Waals surface area contributed by atoms with Crippen molar-refractivity contribution in [3.63, 3.8) is 0 Å². The summed E-state index contributed by atoms with van der Waals surface area (Å²) >= 11 is 0. The lowest BCUT2D eigenvalue weighted by molar-refractivity contribution is -0.122. The van der Waals surface area contributed by atoms with E-state index in [2.05, 4.69) is 10.4 Å². The van der Waals surface area contributed by atoms with Gasteiger partial charge in [-0.2, -0.15) is 5.10 Å². The van der Waals surface area contributed by atoms with E-state index in [9.17, 15) is 14.3 Å². The van der Waals surface area contributed by atoms with E-state index in [1.807, 2.05) is 6.92 Å². The Morgan fingerprint density at radius 2 is 2.27 bits per heavy atom. The van der Waals surface area contributed by atoms with Crippen molar-refractivity contribution in [2.45, 2.75) is 32.3 Å². The van der Waals surface area contributed by atoms with E-state index in [-0.39, 0.29) is 5.91 Å². The highest BCUT2D eigenvalue weighted by molar-refractivity contribution is 5.93. The molecule has 2 atom stereocenters. The van der Waals surface area contributed by atoms with Crippen LogP contribution in [0.3, 0.4) is 0 Å². The van der Waals surface area contributed by atoms with Crippen molar-refractivity contribution in [2.75, 3.05) is 5.32 Å². The fourth-order valence-electron chi connectivity index (χ4n) is 2.80. The van der Waals surface area contributed by atoms with Crippen LogP contribution in [0.25, 0.3) is 5.69 Å². The van der Waals surface area contributed by atoms with Gasteiger partial charge in [0.2, 0.25) is 5.91 Å². The fourth-order valence-corrected chi connectivity index (χ4v) is 2.80. The maximum Gasteiger partial charge on any atom is 0.230 e. The first-order chi connectivity index (χ1) is 10.5. The SMILES string of the molecule is Cc1cnn(-c2ccc(NC(=O)C3CCCC3O)cc2F)c1. The maximum absolute atomic E-state index is 14.2. The van der Waals surface area contributed by atoms with Crippen LogP contribution in [0.5, 0.6) is 0 Å². The van der Waals surface area contributed by atoms with Gasteiger partial charge in [0.15, 0.2) is 5.82 Å². The summed E-state index contributed by atoms with van der Waals surface area (Å²) in [6.07, 6.45) is 4.92. The number of amides is 1. The topological polar surface area (TPSA) is 67.2 Å². The lowest BCUT2D eigenvalue weighted by Crippen LogP contribution is -2.28. The van der Waals surface area contributed by atoms with Gasteiger partial charge >= 0.3 is 0 Å². The summed E-state index contributed by atoms with van der Waals surface area (Å²) in [5, 5.41) is 16.5. The Morgan fingerprint density at radius 3 is 2.86 bits per heavy atom. The zero-order chi connectivity index (χ0) is 15.7. The van der Waals surface area contributed by atoms with Crippen LogP contribution in [0.4, 0.5) is 10.1 Å². The predicted molar refractivity (Wildman–Crippen MR) is 80.2 cm³/mol. The van der Waals surface area contributed by atoms with E-state index < -0.39 is 17.8 Å². The number of halogens is 1. The first kappa shape index (κ1) is 14.7. The fraction of sp³-hybridized carbons (Fsp3) is 0.375. The third kappa shape index (κ3) is 2.87. The molecule has 1 amide bonds.